The highest BCUT2D eigenvalue weighted by Crippen LogP contribution is 2.44. The molecule has 3 rings (SSSR count). The Hall–Kier alpha value is -2.42. The van der Waals surface area contributed by atoms with E-state index in [1.54, 1.807) is 6.92 Å². The summed E-state index contributed by atoms with van der Waals surface area (Å²) in [5, 5.41) is 0. The van der Waals surface area contributed by atoms with Gasteiger partial charge in [-0.1, -0.05) is 87.9 Å². The first-order valence-electron chi connectivity index (χ1n) is 12.0. The molecule has 0 aliphatic heterocycles. The minimum absolute atomic E-state index is 0.122. The predicted octanol–water partition coefficient (Wildman–Crippen LogP) is 6.54. The normalized spacial score (nSPS) is 23.2. The first-order chi connectivity index (χ1) is 15.1. The SMILES string of the molecule is CC(=O)[C@@](C)(CCc1ccccc1)C(=O)O[C@@H]1C[C@H](C)CC[C@H]1C(C)(C)c1ccccc1. The van der Waals surface area contributed by atoms with Crippen LogP contribution < -0.4 is 0 Å². The van der Waals surface area contributed by atoms with Crippen molar-refractivity contribution in [2.75, 3.05) is 0 Å². The molecule has 3 nitrogen and oxygen atoms in total. The third-order valence-corrected chi connectivity index (χ3v) is 7.74. The highest BCUT2D eigenvalue weighted by atomic mass is 16.5. The summed E-state index contributed by atoms with van der Waals surface area (Å²) in [6, 6.07) is 20.5. The third-order valence-electron chi connectivity index (χ3n) is 7.74. The number of rotatable bonds is 8. The number of esters is 1. The van der Waals surface area contributed by atoms with E-state index >= 15 is 0 Å². The van der Waals surface area contributed by atoms with Crippen molar-refractivity contribution in [1.82, 2.24) is 0 Å². The van der Waals surface area contributed by atoms with Gasteiger partial charge in [0.05, 0.1) is 0 Å². The van der Waals surface area contributed by atoms with Crippen LogP contribution in [-0.2, 0) is 26.2 Å². The maximum Gasteiger partial charge on any atom is 0.319 e. The smallest absolute Gasteiger partial charge is 0.319 e. The first-order valence-corrected chi connectivity index (χ1v) is 12.0. The number of carbonyl (C=O) groups is 2. The van der Waals surface area contributed by atoms with Gasteiger partial charge in [0.2, 0.25) is 0 Å². The van der Waals surface area contributed by atoms with Gasteiger partial charge in [-0.3, -0.25) is 9.59 Å². The van der Waals surface area contributed by atoms with Crippen molar-refractivity contribution in [2.45, 2.75) is 78.2 Å². The van der Waals surface area contributed by atoms with E-state index in [4.69, 9.17) is 4.74 Å². The van der Waals surface area contributed by atoms with Crippen LogP contribution in [0.3, 0.4) is 0 Å². The molecule has 0 spiro atoms. The number of hydrogen-bond acceptors (Lipinski definition) is 3. The van der Waals surface area contributed by atoms with E-state index in [2.05, 4.69) is 45.0 Å². The van der Waals surface area contributed by atoms with Gasteiger partial charge in [-0.15, -0.1) is 0 Å². The maximum absolute atomic E-state index is 13.5. The van der Waals surface area contributed by atoms with Crippen LogP contribution in [0.2, 0.25) is 0 Å². The van der Waals surface area contributed by atoms with Gasteiger partial charge in [0, 0.05) is 5.92 Å². The molecule has 0 unspecified atom stereocenters. The topological polar surface area (TPSA) is 43.4 Å². The molecular formula is C29H38O3. The molecule has 1 saturated carbocycles. The molecule has 0 N–H and O–H groups in total. The van der Waals surface area contributed by atoms with Gasteiger partial charge < -0.3 is 4.74 Å². The van der Waals surface area contributed by atoms with Crippen molar-refractivity contribution in [3.63, 3.8) is 0 Å². The molecule has 3 heteroatoms. The summed E-state index contributed by atoms with van der Waals surface area (Å²) in [6.45, 7) is 10.0. The summed E-state index contributed by atoms with van der Waals surface area (Å²) in [6.07, 6.45) is 3.94. The Morgan fingerprint density at radius 2 is 1.53 bits per heavy atom. The lowest BCUT2D eigenvalue weighted by molar-refractivity contribution is -0.170. The van der Waals surface area contributed by atoms with E-state index in [1.165, 1.54) is 12.5 Å². The molecule has 1 aliphatic rings. The molecule has 32 heavy (non-hydrogen) atoms. The molecule has 0 radical (unpaired) electrons. The summed E-state index contributed by atoms with van der Waals surface area (Å²) in [5.41, 5.74) is 1.14. The van der Waals surface area contributed by atoms with Crippen LogP contribution in [0.4, 0.5) is 0 Å². The fraction of sp³-hybridized carbons (Fsp3) is 0.517. The molecule has 4 atom stereocenters. The largest absolute Gasteiger partial charge is 0.461 e. The lowest BCUT2D eigenvalue weighted by Crippen LogP contribution is -2.46. The number of benzene rings is 2. The summed E-state index contributed by atoms with van der Waals surface area (Å²) in [5.74, 6) is 0.231. The third kappa shape index (κ3) is 5.31. The molecular weight excluding hydrogens is 396 g/mol. The summed E-state index contributed by atoms with van der Waals surface area (Å²) < 4.78 is 6.24. The number of hydrogen-bond donors (Lipinski definition) is 0. The van der Waals surface area contributed by atoms with Crippen LogP contribution in [-0.4, -0.2) is 17.9 Å². The van der Waals surface area contributed by atoms with E-state index in [1.807, 2.05) is 36.4 Å². The standard InChI is InChI=1S/C29H38O3/c1-21-16-17-25(28(3,4)24-14-10-7-11-15-24)26(20-21)32-27(31)29(5,22(2)30)19-18-23-12-8-6-9-13-23/h6-15,21,25-26H,16-20H2,1-5H3/t21-,25-,26-,29-/m1/s1. The minimum Gasteiger partial charge on any atom is -0.461 e. The molecule has 0 aromatic heterocycles. The molecule has 0 bridgehead atoms. The average Bonchev–Trinajstić information content (AvgIpc) is 2.78. The molecule has 0 amide bonds. The molecule has 172 valence electrons. The number of Topliss-reactive ketones (excluding diaryl/α,β-unsaturated/α-hetero) is 1. The molecule has 2 aromatic carbocycles. The Morgan fingerprint density at radius 1 is 0.938 bits per heavy atom. The molecule has 0 saturated heterocycles. The predicted molar refractivity (Wildman–Crippen MR) is 129 cm³/mol. The van der Waals surface area contributed by atoms with Crippen LogP contribution in [0.25, 0.3) is 0 Å². The van der Waals surface area contributed by atoms with Gasteiger partial charge in [-0.05, 0) is 62.0 Å². The zero-order valence-corrected chi connectivity index (χ0v) is 20.3. The zero-order chi connectivity index (χ0) is 23.4. The van der Waals surface area contributed by atoms with Crippen molar-refractivity contribution >= 4 is 11.8 Å². The Balaban J connectivity index is 1.80. The monoisotopic (exact) mass is 434 g/mol. The van der Waals surface area contributed by atoms with Crippen LogP contribution in [0.1, 0.15) is 71.4 Å². The van der Waals surface area contributed by atoms with E-state index in [0.717, 1.165) is 24.8 Å². The van der Waals surface area contributed by atoms with E-state index < -0.39 is 5.41 Å². The Morgan fingerprint density at radius 3 is 2.12 bits per heavy atom. The quantitative estimate of drug-likeness (QED) is 0.350. The van der Waals surface area contributed by atoms with Crippen LogP contribution in [0.5, 0.6) is 0 Å². The Labute approximate surface area is 193 Å². The Kier molecular flexibility index (Phi) is 7.59. The van der Waals surface area contributed by atoms with Gasteiger partial charge in [-0.2, -0.15) is 0 Å². The highest BCUT2D eigenvalue weighted by Gasteiger charge is 2.46. The van der Waals surface area contributed by atoms with Gasteiger partial charge in [-0.25, -0.2) is 0 Å². The summed E-state index contributed by atoms with van der Waals surface area (Å²) in [4.78, 5) is 26.1. The van der Waals surface area contributed by atoms with E-state index in [-0.39, 0.29) is 29.2 Å². The van der Waals surface area contributed by atoms with Crippen molar-refractivity contribution in [2.24, 2.45) is 17.3 Å². The lowest BCUT2D eigenvalue weighted by Gasteiger charge is -2.44. The van der Waals surface area contributed by atoms with Crippen LogP contribution >= 0.6 is 0 Å². The number of ketones is 1. The molecule has 2 aromatic rings. The fourth-order valence-electron chi connectivity index (χ4n) is 5.09. The van der Waals surface area contributed by atoms with Crippen LogP contribution in [0, 0.1) is 17.3 Å². The summed E-state index contributed by atoms with van der Waals surface area (Å²) >= 11 is 0. The van der Waals surface area contributed by atoms with Crippen molar-refractivity contribution in [3.05, 3.63) is 71.8 Å². The van der Waals surface area contributed by atoms with Crippen molar-refractivity contribution < 1.29 is 14.3 Å². The van der Waals surface area contributed by atoms with Crippen molar-refractivity contribution in [3.8, 4) is 0 Å². The zero-order valence-electron chi connectivity index (χ0n) is 20.3. The minimum atomic E-state index is -1.13. The lowest BCUT2D eigenvalue weighted by atomic mass is 9.64. The summed E-state index contributed by atoms with van der Waals surface area (Å²) in [7, 11) is 0. The molecule has 1 aliphatic carbocycles. The maximum atomic E-state index is 13.5. The van der Waals surface area contributed by atoms with E-state index in [0.29, 0.717) is 18.8 Å². The second kappa shape index (κ2) is 10.0. The van der Waals surface area contributed by atoms with E-state index in [9.17, 15) is 9.59 Å². The molecule has 0 heterocycles. The number of aryl methyl sites for hydroxylation is 1. The second-order valence-corrected chi connectivity index (χ2v) is 10.4. The van der Waals surface area contributed by atoms with Gasteiger partial charge in [0.25, 0.3) is 0 Å². The van der Waals surface area contributed by atoms with Gasteiger partial charge >= 0.3 is 5.97 Å². The highest BCUT2D eigenvalue weighted by molar-refractivity contribution is 6.02. The second-order valence-electron chi connectivity index (χ2n) is 10.4. The van der Waals surface area contributed by atoms with Gasteiger partial charge in [0.15, 0.2) is 0 Å². The van der Waals surface area contributed by atoms with Gasteiger partial charge in [0.1, 0.15) is 17.3 Å². The number of carbonyl (C=O) groups excluding carboxylic acids is 2. The number of ether oxygens (including phenoxy) is 1. The fourth-order valence-corrected chi connectivity index (χ4v) is 5.09. The average molecular weight is 435 g/mol. The Bertz CT molecular complexity index is 903. The molecule has 1 fully saturated rings. The first kappa shape index (κ1) is 24.2. The van der Waals surface area contributed by atoms with Crippen LogP contribution in [0.15, 0.2) is 60.7 Å². The van der Waals surface area contributed by atoms with Crippen molar-refractivity contribution in [1.29, 1.82) is 0 Å².